The molecular weight excluding hydrogens is 467 g/mol. The molecule has 2 aromatic rings. The van der Waals surface area contributed by atoms with Crippen LogP contribution in [0.4, 0.5) is 4.39 Å². The van der Waals surface area contributed by atoms with Gasteiger partial charge in [0.25, 0.3) is 0 Å². The van der Waals surface area contributed by atoms with E-state index in [0.717, 1.165) is 55.1 Å². The number of rotatable bonds is 4. The number of benzene rings is 1. The van der Waals surface area contributed by atoms with E-state index in [-0.39, 0.29) is 29.0 Å². The van der Waals surface area contributed by atoms with E-state index in [2.05, 4.69) is 11.9 Å². The van der Waals surface area contributed by atoms with Crippen molar-refractivity contribution in [3.05, 3.63) is 30.1 Å². The summed E-state index contributed by atoms with van der Waals surface area (Å²) in [5, 5.41) is 21.0. The second-order valence-corrected chi connectivity index (χ2v) is 14.1. The van der Waals surface area contributed by atoms with Gasteiger partial charge in [-0.2, -0.15) is 0 Å². The number of ketones is 1. The Kier molecular flexibility index (Phi) is 5.75. The standard InChI is InChI=1S/C31H43FN2O3/c1-28(2,36)19-6-10-26-25(15-19)33-18-34(26)17-27(35)24-9-8-22-21-7-5-20-16-29(3,37)13-14-31(20,32)23(21)11-12-30(22,24)4/h6,10,15,18,20-24,36-37H,5,7-9,11-14,16-17H2,1-4H3/t20?,21?,22-,23-,24+,29+,30-,31+/m0/s1. The average Bonchev–Trinajstić information content (AvgIpc) is 3.39. The Hall–Kier alpha value is -1.79. The van der Waals surface area contributed by atoms with Crippen LogP contribution >= 0.6 is 0 Å². The number of imidazole rings is 1. The van der Waals surface area contributed by atoms with E-state index in [4.69, 9.17) is 0 Å². The minimum Gasteiger partial charge on any atom is -0.390 e. The second kappa shape index (κ2) is 8.35. The molecule has 0 aliphatic heterocycles. The number of nitrogens with zero attached hydrogens (tertiary/aromatic N) is 2. The van der Waals surface area contributed by atoms with Gasteiger partial charge in [0, 0.05) is 5.92 Å². The molecule has 6 rings (SSSR count). The summed E-state index contributed by atoms with van der Waals surface area (Å²) in [7, 11) is 0. The quantitative estimate of drug-likeness (QED) is 0.533. The van der Waals surface area contributed by atoms with Crippen LogP contribution in [0.25, 0.3) is 11.0 Å². The molecule has 4 saturated carbocycles. The Morgan fingerprint density at radius 2 is 1.89 bits per heavy atom. The zero-order chi connectivity index (χ0) is 26.4. The number of aliphatic hydroxyl groups is 2. The third-order valence-corrected chi connectivity index (χ3v) is 11.4. The molecule has 8 atom stereocenters. The molecule has 1 heterocycles. The van der Waals surface area contributed by atoms with E-state index in [1.807, 2.05) is 29.7 Å². The number of hydrogen-bond donors (Lipinski definition) is 2. The highest BCUT2D eigenvalue weighted by Gasteiger charge is 2.63. The molecule has 2 unspecified atom stereocenters. The van der Waals surface area contributed by atoms with Crippen molar-refractivity contribution in [1.29, 1.82) is 0 Å². The lowest BCUT2D eigenvalue weighted by Gasteiger charge is -2.59. The number of alkyl halides is 1. The average molecular weight is 511 g/mol. The number of halogens is 1. The Labute approximate surface area is 219 Å². The Bertz CT molecular complexity index is 1210. The zero-order valence-electron chi connectivity index (χ0n) is 22.8. The van der Waals surface area contributed by atoms with Gasteiger partial charge in [-0.3, -0.25) is 4.79 Å². The second-order valence-electron chi connectivity index (χ2n) is 14.1. The van der Waals surface area contributed by atoms with Gasteiger partial charge in [-0.05, 0) is 125 Å². The van der Waals surface area contributed by atoms with Crippen LogP contribution in [0.3, 0.4) is 0 Å². The number of hydrogen-bond acceptors (Lipinski definition) is 4. The molecule has 6 heteroatoms. The molecule has 5 nitrogen and oxygen atoms in total. The predicted octanol–water partition coefficient (Wildman–Crippen LogP) is 5.94. The van der Waals surface area contributed by atoms with Crippen LogP contribution in [0.5, 0.6) is 0 Å². The molecule has 0 radical (unpaired) electrons. The Balaban J connectivity index is 1.20. The molecule has 0 bridgehead atoms. The summed E-state index contributed by atoms with van der Waals surface area (Å²) >= 11 is 0. The maximum atomic E-state index is 16.6. The van der Waals surface area contributed by atoms with Gasteiger partial charge in [0.2, 0.25) is 0 Å². The summed E-state index contributed by atoms with van der Waals surface area (Å²) in [6, 6.07) is 5.76. The molecule has 1 aromatic carbocycles. The van der Waals surface area contributed by atoms with E-state index < -0.39 is 16.9 Å². The van der Waals surface area contributed by atoms with Crippen LogP contribution in [-0.4, -0.2) is 36.8 Å². The number of carbonyl (C=O) groups is 1. The van der Waals surface area contributed by atoms with Crippen LogP contribution in [0, 0.1) is 35.0 Å². The number of fused-ring (bicyclic) bond motifs is 6. The highest BCUT2D eigenvalue weighted by Crippen LogP contribution is 2.66. The van der Waals surface area contributed by atoms with Crippen molar-refractivity contribution in [2.75, 3.05) is 0 Å². The summed E-state index contributed by atoms with van der Waals surface area (Å²) < 4.78 is 18.6. The van der Waals surface area contributed by atoms with Crippen molar-refractivity contribution in [2.24, 2.45) is 35.0 Å². The summed E-state index contributed by atoms with van der Waals surface area (Å²) in [6.45, 7) is 8.02. The highest BCUT2D eigenvalue weighted by atomic mass is 19.1. The van der Waals surface area contributed by atoms with Crippen molar-refractivity contribution in [1.82, 2.24) is 9.55 Å². The summed E-state index contributed by atoms with van der Waals surface area (Å²) in [5.41, 5.74) is -0.364. The first-order valence-corrected chi connectivity index (χ1v) is 14.4. The maximum Gasteiger partial charge on any atom is 0.156 e. The molecule has 0 saturated heterocycles. The molecule has 2 N–H and O–H groups in total. The number of aromatic nitrogens is 2. The minimum absolute atomic E-state index is 0.00641. The van der Waals surface area contributed by atoms with E-state index in [9.17, 15) is 15.0 Å². The molecule has 0 amide bonds. The molecular formula is C31H43FN2O3. The topological polar surface area (TPSA) is 75.4 Å². The molecule has 4 fully saturated rings. The van der Waals surface area contributed by atoms with Gasteiger partial charge >= 0.3 is 0 Å². The van der Waals surface area contributed by atoms with Crippen molar-refractivity contribution in [2.45, 2.75) is 109 Å². The summed E-state index contributed by atoms with van der Waals surface area (Å²) in [4.78, 5) is 18.3. The third kappa shape index (κ3) is 4.00. The molecule has 1 aromatic heterocycles. The van der Waals surface area contributed by atoms with Crippen LogP contribution in [0.2, 0.25) is 0 Å². The number of Topliss-reactive ketones (excluding diaryl/α,β-unsaturated/α-hetero) is 1. The first kappa shape index (κ1) is 25.5. The molecule has 0 spiro atoms. The zero-order valence-corrected chi connectivity index (χ0v) is 22.8. The normalized spacial score (nSPS) is 41.8. The molecule has 37 heavy (non-hydrogen) atoms. The predicted molar refractivity (Wildman–Crippen MR) is 142 cm³/mol. The lowest BCUT2D eigenvalue weighted by Crippen LogP contribution is -2.58. The van der Waals surface area contributed by atoms with Crippen LogP contribution < -0.4 is 0 Å². The van der Waals surface area contributed by atoms with Gasteiger partial charge in [0.05, 0.1) is 35.1 Å². The fourth-order valence-electron chi connectivity index (χ4n) is 9.35. The van der Waals surface area contributed by atoms with Crippen molar-refractivity contribution >= 4 is 16.8 Å². The van der Waals surface area contributed by atoms with Gasteiger partial charge in [-0.15, -0.1) is 0 Å². The third-order valence-electron chi connectivity index (χ3n) is 11.4. The molecule has 4 aliphatic rings. The number of carbonyl (C=O) groups excluding carboxylic acids is 1. The fraction of sp³-hybridized carbons (Fsp3) is 0.742. The van der Waals surface area contributed by atoms with Crippen molar-refractivity contribution in [3.63, 3.8) is 0 Å². The van der Waals surface area contributed by atoms with Crippen LogP contribution in [0.15, 0.2) is 24.5 Å². The van der Waals surface area contributed by atoms with Gasteiger partial charge < -0.3 is 14.8 Å². The first-order chi connectivity index (χ1) is 17.3. The Morgan fingerprint density at radius 3 is 2.65 bits per heavy atom. The van der Waals surface area contributed by atoms with Crippen LogP contribution in [0.1, 0.15) is 91.0 Å². The van der Waals surface area contributed by atoms with Crippen molar-refractivity contribution < 1.29 is 19.4 Å². The fourth-order valence-corrected chi connectivity index (χ4v) is 9.35. The summed E-state index contributed by atoms with van der Waals surface area (Å²) in [5.74, 6) is 1.10. The van der Waals surface area contributed by atoms with Crippen LogP contribution in [-0.2, 0) is 16.9 Å². The van der Waals surface area contributed by atoms with E-state index >= 15 is 4.39 Å². The monoisotopic (exact) mass is 510 g/mol. The molecule has 4 aliphatic carbocycles. The minimum atomic E-state index is -1.15. The van der Waals surface area contributed by atoms with Crippen molar-refractivity contribution in [3.8, 4) is 0 Å². The van der Waals surface area contributed by atoms with Gasteiger partial charge in [0.15, 0.2) is 5.78 Å². The largest absolute Gasteiger partial charge is 0.390 e. The first-order valence-electron chi connectivity index (χ1n) is 14.4. The lowest BCUT2D eigenvalue weighted by atomic mass is 9.48. The van der Waals surface area contributed by atoms with Gasteiger partial charge in [-0.25, -0.2) is 9.37 Å². The maximum absolute atomic E-state index is 16.6. The highest BCUT2D eigenvalue weighted by molar-refractivity contribution is 5.84. The smallest absolute Gasteiger partial charge is 0.156 e. The van der Waals surface area contributed by atoms with E-state index in [1.165, 1.54) is 0 Å². The SMILES string of the molecule is CC(C)(O)c1ccc2c(c1)ncn2CC(=O)[C@H]1CC[C@H]2C3CCC4C[C@](C)(O)CC[C@]4(F)[C@H]3CC[C@]12C. The Morgan fingerprint density at radius 1 is 1.11 bits per heavy atom. The lowest BCUT2D eigenvalue weighted by molar-refractivity contribution is -0.165. The van der Waals surface area contributed by atoms with E-state index in [0.29, 0.717) is 37.6 Å². The summed E-state index contributed by atoms with van der Waals surface area (Å²) in [6.07, 6.45) is 8.99. The van der Waals surface area contributed by atoms with Gasteiger partial charge in [0.1, 0.15) is 5.67 Å². The molecule has 202 valence electrons. The van der Waals surface area contributed by atoms with E-state index in [1.54, 1.807) is 20.2 Å². The van der Waals surface area contributed by atoms with Gasteiger partial charge in [-0.1, -0.05) is 13.0 Å².